The Balaban J connectivity index is 0.000000316. The van der Waals surface area contributed by atoms with Crippen molar-refractivity contribution < 1.29 is 23.9 Å². The highest BCUT2D eigenvalue weighted by molar-refractivity contribution is 7.80. The van der Waals surface area contributed by atoms with Gasteiger partial charge in [0.2, 0.25) is 0 Å². The van der Waals surface area contributed by atoms with Crippen LogP contribution in [0, 0.1) is 10.1 Å². The molecule has 2 aromatic carbocycles. The molecule has 0 radical (unpaired) electrons. The van der Waals surface area contributed by atoms with Gasteiger partial charge in [-0.2, -0.15) is 25.3 Å². The summed E-state index contributed by atoms with van der Waals surface area (Å²) in [5.41, 5.74) is 12.9. The van der Waals surface area contributed by atoms with Crippen LogP contribution in [0.4, 0.5) is 5.69 Å². The number of methoxy groups -OCH3 is 4. The fourth-order valence-electron chi connectivity index (χ4n) is 2.66. The van der Waals surface area contributed by atoms with E-state index in [4.69, 9.17) is 30.4 Å². The van der Waals surface area contributed by atoms with E-state index in [1.165, 1.54) is 26.4 Å². The lowest BCUT2D eigenvalue weighted by molar-refractivity contribution is -0.385. The number of rotatable bonds is 9. The zero-order valence-electron chi connectivity index (χ0n) is 17.9. The summed E-state index contributed by atoms with van der Waals surface area (Å²) >= 11 is 8.19. The summed E-state index contributed by atoms with van der Waals surface area (Å²) in [6.07, 6.45) is 0. The van der Waals surface area contributed by atoms with E-state index in [1.54, 1.807) is 14.2 Å². The van der Waals surface area contributed by atoms with Crippen LogP contribution >= 0.6 is 25.3 Å². The molecule has 0 heterocycles. The summed E-state index contributed by atoms with van der Waals surface area (Å²) in [5.74, 6) is 3.10. The molecule has 4 N–H and O–H groups in total. The van der Waals surface area contributed by atoms with Crippen LogP contribution in [0.25, 0.3) is 0 Å². The SMILES string of the molecule is COc1cc(C(N)CS)c([N+](=O)[O-])cc1OC.COc1ccc(C(N)CS)c(OC)c1. The van der Waals surface area contributed by atoms with Gasteiger partial charge < -0.3 is 30.4 Å². The summed E-state index contributed by atoms with van der Waals surface area (Å²) in [4.78, 5) is 10.4. The van der Waals surface area contributed by atoms with Crippen molar-refractivity contribution in [2.24, 2.45) is 11.5 Å². The lowest BCUT2D eigenvalue weighted by Crippen LogP contribution is -2.14. The second kappa shape index (κ2) is 13.2. The molecule has 11 heteroatoms. The Hall–Kier alpha value is -2.34. The number of ether oxygens (including phenoxy) is 4. The van der Waals surface area contributed by atoms with Crippen molar-refractivity contribution in [2.75, 3.05) is 39.9 Å². The van der Waals surface area contributed by atoms with E-state index < -0.39 is 11.0 Å². The van der Waals surface area contributed by atoms with Crippen LogP contribution in [0.1, 0.15) is 23.2 Å². The van der Waals surface area contributed by atoms with Crippen molar-refractivity contribution in [2.45, 2.75) is 12.1 Å². The predicted octanol–water partition coefficient (Wildman–Crippen LogP) is 3.18. The number of nitro benzene ring substituents is 1. The van der Waals surface area contributed by atoms with Crippen molar-refractivity contribution in [1.29, 1.82) is 0 Å². The minimum absolute atomic E-state index is 0.0933. The van der Waals surface area contributed by atoms with Gasteiger partial charge in [-0.3, -0.25) is 10.1 Å². The lowest BCUT2D eigenvalue weighted by atomic mass is 10.1. The molecule has 172 valence electrons. The van der Waals surface area contributed by atoms with Crippen molar-refractivity contribution in [3.8, 4) is 23.0 Å². The fraction of sp³-hybridized carbons (Fsp3) is 0.400. The molecule has 0 aliphatic heterocycles. The van der Waals surface area contributed by atoms with E-state index in [0.29, 0.717) is 28.6 Å². The van der Waals surface area contributed by atoms with Crippen LogP contribution in [0.3, 0.4) is 0 Å². The van der Waals surface area contributed by atoms with Crippen LogP contribution in [0.2, 0.25) is 0 Å². The molecular formula is C20H29N3O6S2. The molecule has 9 nitrogen and oxygen atoms in total. The third kappa shape index (κ3) is 7.10. The number of thiol groups is 2. The Bertz CT molecular complexity index is 869. The maximum Gasteiger partial charge on any atom is 0.278 e. The van der Waals surface area contributed by atoms with E-state index in [-0.39, 0.29) is 11.7 Å². The van der Waals surface area contributed by atoms with Gasteiger partial charge in [0.25, 0.3) is 5.69 Å². The van der Waals surface area contributed by atoms with Crippen LogP contribution < -0.4 is 30.4 Å². The molecule has 2 unspecified atom stereocenters. The van der Waals surface area contributed by atoms with E-state index in [1.807, 2.05) is 18.2 Å². The van der Waals surface area contributed by atoms with Gasteiger partial charge >= 0.3 is 0 Å². The second-order valence-corrected chi connectivity index (χ2v) is 6.94. The van der Waals surface area contributed by atoms with Crippen LogP contribution in [-0.4, -0.2) is 44.9 Å². The number of nitrogens with two attached hydrogens (primary N) is 2. The quantitative estimate of drug-likeness (QED) is 0.249. The average molecular weight is 472 g/mol. The third-order valence-electron chi connectivity index (χ3n) is 4.36. The maximum atomic E-state index is 10.9. The zero-order valence-corrected chi connectivity index (χ0v) is 19.7. The van der Waals surface area contributed by atoms with Gasteiger partial charge in [-0.25, -0.2) is 0 Å². The summed E-state index contributed by atoms with van der Waals surface area (Å²) in [7, 11) is 6.11. The van der Waals surface area contributed by atoms with Gasteiger partial charge in [-0.05, 0) is 12.1 Å². The predicted molar refractivity (Wildman–Crippen MR) is 127 cm³/mol. The molecule has 2 atom stereocenters. The Kier molecular flexibility index (Phi) is 11.3. The van der Waals surface area contributed by atoms with E-state index in [2.05, 4.69) is 25.3 Å². The summed E-state index contributed by atoms with van der Waals surface area (Å²) in [6, 6.07) is 7.76. The standard InChI is InChI=1S/C10H14N2O4S.C10H15NO2S/c1-15-9-3-6(7(11)5-17)8(12(13)14)4-10(9)16-2;1-12-7-3-4-8(9(11)6-14)10(5-7)13-2/h3-4,7,17H,5,11H2,1-2H3;3-5,9,14H,6,11H2,1-2H3. The Labute approximate surface area is 193 Å². The molecule has 2 rings (SSSR count). The molecular weight excluding hydrogens is 442 g/mol. The summed E-state index contributed by atoms with van der Waals surface area (Å²) < 4.78 is 20.4. The van der Waals surface area contributed by atoms with Gasteiger partial charge in [0, 0.05) is 35.2 Å². The molecule has 0 aromatic heterocycles. The number of benzene rings is 2. The molecule has 0 aliphatic carbocycles. The van der Waals surface area contributed by atoms with E-state index >= 15 is 0 Å². The Morgan fingerprint density at radius 1 is 0.839 bits per heavy atom. The van der Waals surface area contributed by atoms with E-state index in [0.717, 1.165) is 17.1 Å². The van der Waals surface area contributed by atoms with E-state index in [9.17, 15) is 10.1 Å². The summed E-state index contributed by atoms with van der Waals surface area (Å²) in [6.45, 7) is 0. The highest BCUT2D eigenvalue weighted by Gasteiger charge is 2.23. The first-order valence-electron chi connectivity index (χ1n) is 9.12. The maximum absolute atomic E-state index is 10.9. The molecule has 0 saturated heterocycles. The highest BCUT2D eigenvalue weighted by atomic mass is 32.1. The topological polar surface area (TPSA) is 132 Å². The van der Waals surface area contributed by atoms with Gasteiger partial charge in [0.05, 0.1) is 45.0 Å². The Morgan fingerprint density at radius 3 is 1.81 bits per heavy atom. The zero-order chi connectivity index (χ0) is 23.6. The number of nitrogens with zero attached hydrogens (tertiary/aromatic N) is 1. The molecule has 0 amide bonds. The Morgan fingerprint density at radius 2 is 1.35 bits per heavy atom. The monoisotopic (exact) mass is 471 g/mol. The number of nitro groups is 1. The first-order chi connectivity index (χ1) is 14.8. The highest BCUT2D eigenvalue weighted by Crippen LogP contribution is 2.36. The fourth-order valence-corrected chi connectivity index (χ4v) is 3.05. The van der Waals surface area contributed by atoms with Crippen molar-refractivity contribution in [3.63, 3.8) is 0 Å². The second-order valence-electron chi connectivity index (χ2n) is 6.21. The van der Waals surface area contributed by atoms with Gasteiger partial charge in [-0.15, -0.1) is 0 Å². The average Bonchev–Trinajstić information content (AvgIpc) is 2.81. The third-order valence-corrected chi connectivity index (χ3v) is 5.15. The van der Waals surface area contributed by atoms with Crippen LogP contribution in [-0.2, 0) is 0 Å². The molecule has 0 fully saturated rings. The molecule has 2 aromatic rings. The first kappa shape index (κ1) is 26.7. The molecule has 0 aliphatic rings. The number of hydrogen-bond donors (Lipinski definition) is 4. The largest absolute Gasteiger partial charge is 0.497 e. The molecule has 31 heavy (non-hydrogen) atoms. The van der Waals surface area contributed by atoms with Crippen LogP contribution in [0.5, 0.6) is 23.0 Å². The molecule has 0 bridgehead atoms. The summed E-state index contributed by atoms with van der Waals surface area (Å²) in [5, 5.41) is 10.9. The normalized spacial score (nSPS) is 12.1. The van der Waals surface area contributed by atoms with Crippen molar-refractivity contribution in [1.82, 2.24) is 0 Å². The first-order valence-corrected chi connectivity index (χ1v) is 10.4. The minimum Gasteiger partial charge on any atom is -0.497 e. The van der Waals surface area contributed by atoms with Gasteiger partial charge in [0.15, 0.2) is 11.5 Å². The van der Waals surface area contributed by atoms with Gasteiger partial charge in [-0.1, -0.05) is 6.07 Å². The minimum atomic E-state index is -0.529. The molecule has 0 saturated carbocycles. The van der Waals surface area contributed by atoms with Gasteiger partial charge in [0.1, 0.15) is 11.5 Å². The smallest absolute Gasteiger partial charge is 0.278 e. The lowest BCUT2D eigenvalue weighted by Gasteiger charge is -2.14. The van der Waals surface area contributed by atoms with Crippen molar-refractivity contribution in [3.05, 3.63) is 51.6 Å². The molecule has 0 spiro atoms. The van der Waals surface area contributed by atoms with Crippen molar-refractivity contribution >= 4 is 30.9 Å². The van der Waals surface area contributed by atoms with Crippen LogP contribution in [0.15, 0.2) is 30.3 Å². The number of hydrogen-bond acceptors (Lipinski definition) is 10.